The van der Waals surface area contributed by atoms with Crippen LogP contribution in [0.3, 0.4) is 0 Å². The molecule has 0 aliphatic heterocycles. The average Bonchev–Trinajstić information content (AvgIpc) is 2.97. The maximum atomic E-state index is 14.5. The molecule has 8 atom stereocenters. The van der Waals surface area contributed by atoms with Gasteiger partial charge < -0.3 is 29.0 Å². The summed E-state index contributed by atoms with van der Waals surface area (Å²) in [6.07, 6.45) is -3.37. The smallest absolute Gasteiger partial charge is 0.308 e. The number of aliphatic hydroxyl groups is 1. The molecule has 48 heavy (non-hydrogen) atoms. The molecule has 0 amide bonds. The van der Waals surface area contributed by atoms with Crippen molar-refractivity contribution in [3.05, 3.63) is 58.7 Å². The lowest BCUT2D eigenvalue weighted by atomic mass is 9.57. The normalized spacial score (nSPS) is 31.6. The van der Waals surface area contributed by atoms with Gasteiger partial charge in [-0.1, -0.05) is 44.2 Å². The number of hydrogen-bond acceptors (Lipinski definition) is 11. The third-order valence-corrected chi connectivity index (χ3v) is 10.3. The van der Waals surface area contributed by atoms with Crippen molar-refractivity contribution in [1.29, 1.82) is 0 Å². The number of esters is 4. The number of ether oxygens (including phenoxy) is 4. The Morgan fingerprint density at radius 2 is 1.50 bits per heavy atom. The second-order valence-electron chi connectivity index (χ2n) is 14.3. The molecule has 1 aromatic carbocycles. The lowest BCUT2D eigenvalue weighted by molar-refractivity contribution is -0.170. The van der Waals surface area contributed by atoms with E-state index in [2.05, 4.69) is 0 Å². The monoisotopic (exact) mass is 667 g/mol. The van der Waals surface area contributed by atoms with Crippen molar-refractivity contribution >= 4 is 29.7 Å². The van der Waals surface area contributed by atoms with Crippen molar-refractivity contribution in [2.45, 2.75) is 111 Å². The Morgan fingerprint density at radius 3 is 2.06 bits per heavy atom. The average molecular weight is 668 g/mol. The lowest BCUT2D eigenvalue weighted by Gasteiger charge is -2.51. The summed E-state index contributed by atoms with van der Waals surface area (Å²) >= 11 is 0. The maximum absolute atomic E-state index is 14.5. The van der Waals surface area contributed by atoms with Crippen LogP contribution in [0.15, 0.2) is 53.1 Å². The molecular formula is C37H49NO10. The minimum absolute atomic E-state index is 0.0223. The van der Waals surface area contributed by atoms with Crippen LogP contribution in [0.5, 0.6) is 0 Å². The van der Waals surface area contributed by atoms with Crippen molar-refractivity contribution in [2.24, 2.45) is 16.7 Å². The summed E-state index contributed by atoms with van der Waals surface area (Å²) in [7, 11) is 3.75. The Bertz CT molecular complexity index is 1490. The zero-order chi connectivity index (χ0) is 35.7. The number of carbonyl (C=O) groups excluding carboxylic acids is 5. The fraction of sp³-hybridized carbons (Fsp3) is 0.595. The Labute approximate surface area is 282 Å². The van der Waals surface area contributed by atoms with E-state index in [9.17, 15) is 29.1 Å². The molecule has 11 nitrogen and oxygen atoms in total. The molecule has 3 aliphatic rings. The molecule has 1 saturated carbocycles. The lowest BCUT2D eigenvalue weighted by Crippen LogP contribution is -2.56. The molecule has 11 heteroatoms. The Morgan fingerprint density at radius 1 is 0.896 bits per heavy atom. The molecule has 4 rings (SSSR count). The number of benzene rings is 1. The van der Waals surface area contributed by atoms with Crippen molar-refractivity contribution in [2.75, 3.05) is 14.1 Å². The zero-order valence-electron chi connectivity index (χ0n) is 29.4. The number of aliphatic hydroxyl groups excluding tert-OH is 1. The summed E-state index contributed by atoms with van der Waals surface area (Å²) in [5, 5.41) is 11.9. The van der Waals surface area contributed by atoms with Gasteiger partial charge in [-0.25, -0.2) is 0 Å². The van der Waals surface area contributed by atoms with Crippen LogP contribution in [0, 0.1) is 16.7 Å². The van der Waals surface area contributed by atoms with Gasteiger partial charge >= 0.3 is 23.9 Å². The van der Waals surface area contributed by atoms with Gasteiger partial charge in [0, 0.05) is 39.2 Å². The van der Waals surface area contributed by atoms with Gasteiger partial charge in [0.15, 0.2) is 5.78 Å². The highest BCUT2D eigenvalue weighted by Crippen LogP contribution is 2.53. The van der Waals surface area contributed by atoms with Gasteiger partial charge in [0.25, 0.3) is 0 Å². The molecular weight excluding hydrogens is 618 g/mol. The Hall–Kier alpha value is -3.83. The SMILES string of the molecule is CC(=O)O[C@H]1C[C@H]2[C@@H](OC(C)=O)/C=C3\C[C@](C)(C(=O)[C@H](O)C(=C1C)C2(C)C)[C@@H](OC(C)=O)C[C@@H]3OC(=O)CC(c1ccccc1)N(C)C. The second-order valence-corrected chi connectivity index (χ2v) is 14.3. The summed E-state index contributed by atoms with van der Waals surface area (Å²) in [4.78, 5) is 67.2. The topological polar surface area (TPSA) is 146 Å². The maximum Gasteiger partial charge on any atom is 0.308 e. The van der Waals surface area contributed by atoms with Crippen LogP contribution in [0.25, 0.3) is 0 Å². The van der Waals surface area contributed by atoms with E-state index in [4.69, 9.17) is 18.9 Å². The third kappa shape index (κ3) is 7.57. The quantitative estimate of drug-likeness (QED) is 0.239. The Balaban J connectivity index is 1.86. The van der Waals surface area contributed by atoms with Gasteiger partial charge in [-0.15, -0.1) is 0 Å². The van der Waals surface area contributed by atoms with Crippen LogP contribution in [0.4, 0.5) is 0 Å². The summed E-state index contributed by atoms with van der Waals surface area (Å²) in [5.74, 6) is -3.34. The number of nitrogens with zero attached hydrogens (tertiary/aromatic N) is 1. The summed E-state index contributed by atoms with van der Waals surface area (Å²) in [6.45, 7) is 10.9. The van der Waals surface area contributed by atoms with E-state index in [-0.39, 0.29) is 31.7 Å². The van der Waals surface area contributed by atoms with Crippen molar-refractivity contribution in [3.63, 3.8) is 0 Å². The number of rotatable bonds is 8. The fourth-order valence-electron chi connectivity index (χ4n) is 7.92. The highest BCUT2D eigenvalue weighted by Gasteiger charge is 2.57. The molecule has 0 radical (unpaired) electrons. The molecule has 1 fully saturated rings. The second kappa shape index (κ2) is 14.3. The van der Waals surface area contributed by atoms with Gasteiger partial charge in [0.2, 0.25) is 0 Å². The van der Waals surface area contributed by atoms with Gasteiger partial charge in [-0.3, -0.25) is 24.0 Å². The van der Waals surface area contributed by atoms with Gasteiger partial charge in [0.05, 0.1) is 11.8 Å². The predicted octanol–water partition coefficient (Wildman–Crippen LogP) is 4.42. The number of carbonyl (C=O) groups is 5. The molecule has 0 aromatic heterocycles. The molecule has 1 N–H and O–H groups in total. The summed E-state index contributed by atoms with van der Waals surface area (Å²) in [5.41, 5.74) is -0.00830. The first kappa shape index (κ1) is 37.0. The molecule has 0 saturated heterocycles. The first-order chi connectivity index (χ1) is 22.4. The minimum Gasteiger partial charge on any atom is -0.461 e. The molecule has 1 unspecified atom stereocenters. The zero-order valence-corrected chi connectivity index (χ0v) is 29.4. The van der Waals surface area contributed by atoms with Gasteiger partial charge in [0.1, 0.15) is 30.5 Å². The Kier molecular flexibility index (Phi) is 11.1. The van der Waals surface area contributed by atoms with E-state index in [0.29, 0.717) is 16.7 Å². The van der Waals surface area contributed by atoms with E-state index in [1.165, 1.54) is 20.8 Å². The van der Waals surface area contributed by atoms with E-state index < -0.39 is 76.9 Å². The predicted molar refractivity (Wildman–Crippen MR) is 175 cm³/mol. The molecule has 262 valence electrons. The molecule has 0 spiro atoms. The van der Waals surface area contributed by atoms with Crippen molar-refractivity contribution < 1.29 is 48.0 Å². The largest absolute Gasteiger partial charge is 0.461 e. The number of ketones is 1. The fourth-order valence-corrected chi connectivity index (χ4v) is 7.92. The highest BCUT2D eigenvalue weighted by atomic mass is 16.6. The van der Waals surface area contributed by atoms with E-state index in [0.717, 1.165) is 5.56 Å². The van der Waals surface area contributed by atoms with E-state index >= 15 is 0 Å². The minimum atomic E-state index is -1.65. The summed E-state index contributed by atoms with van der Waals surface area (Å²) < 4.78 is 23.5. The molecule has 1 aromatic rings. The molecule has 3 aliphatic carbocycles. The van der Waals surface area contributed by atoms with Crippen LogP contribution >= 0.6 is 0 Å². The van der Waals surface area contributed by atoms with Crippen molar-refractivity contribution in [1.82, 2.24) is 4.90 Å². The van der Waals surface area contributed by atoms with Crippen molar-refractivity contribution in [3.8, 4) is 0 Å². The van der Waals surface area contributed by atoms with Crippen LogP contribution in [0.2, 0.25) is 0 Å². The summed E-state index contributed by atoms with van der Waals surface area (Å²) in [6, 6.07) is 9.28. The number of hydrogen-bond donors (Lipinski definition) is 1. The first-order valence-corrected chi connectivity index (χ1v) is 16.4. The third-order valence-electron chi connectivity index (χ3n) is 10.3. The number of Topliss-reactive ketones (excluding diaryl/α,β-unsaturated/α-hetero) is 1. The molecule has 4 bridgehead atoms. The van der Waals surface area contributed by atoms with Crippen LogP contribution in [-0.4, -0.2) is 84.3 Å². The molecule has 0 heterocycles. The van der Waals surface area contributed by atoms with Gasteiger partial charge in [-0.05, 0) is 74.6 Å². The van der Waals surface area contributed by atoms with Crippen LogP contribution in [0.1, 0.15) is 85.8 Å². The van der Waals surface area contributed by atoms with E-state index in [1.807, 2.05) is 63.2 Å². The highest BCUT2D eigenvalue weighted by molar-refractivity contribution is 5.93. The van der Waals surface area contributed by atoms with Gasteiger partial charge in [-0.2, -0.15) is 0 Å². The van der Waals surface area contributed by atoms with Crippen LogP contribution < -0.4 is 0 Å². The van der Waals surface area contributed by atoms with Crippen LogP contribution in [-0.2, 0) is 42.9 Å². The number of fused-ring (bicyclic) bond motifs is 4. The first-order valence-electron chi connectivity index (χ1n) is 16.4. The van der Waals surface area contributed by atoms with E-state index in [1.54, 1.807) is 19.9 Å². The standard InChI is InChI=1S/C37H49NO10/c1-20-28(45-21(2)39)16-26-30(46-22(3)40)15-25-19-37(7,35(44)34(43)33(20)36(26,5)6)31(47-23(4)41)18-29(25)48-32(42)17-27(38(8)9)24-13-11-10-12-14-24/h10-15,26-31,34,43H,16-19H2,1-9H3/b25-15+/t26-,27?,28-,29-,30-,31-,34+,37-/m0/s1.